The third-order valence-electron chi connectivity index (χ3n) is 7.53. The van der Waals surface area contributed by atoms with Crippen molar-refractivity contribution in [1.29, 1.82) is 0 Å². The van der Waals surface area contributed by atoms with Crippen LogP contribution in [-0.2, 0) is 47.4 Å². The van der Waals surface area contributed by atoms with Crippen LogP contribution in [0.15, 0.2) is 0 Å². The van der Waals surface area contributed by atoms with Crippen molar-refractivity contribution in [3.05, 3.63) is 0 Å². The van der Waals surface area contributed by atoms with Crippen LogP contribution in [0.3, 0.4) is 0 Å². The second kappa shape index (κ2) is 41.7. The lowest BCUT2D eigenvalue weighted by Gasteiger charge is -2.19. The van der Waals surface area contributed by atoms with Crippen molar-refractivity contribution in [2.24, 2.45) is 0 Å². The smallest absolute Gasteiger partial charge is 0.407 e. The maximum Gasteiger partial charge on any atom is 0.407 e. The molecule has 0 rings (SSSR count). The zero-order chi connectivity index (χ0) is 37.2. The second-order valence-electron chi connectivity index (χ2n) is 13.5. The van der Waals surface area contributed by atoms with Crippen LogP contribution in [0.5, 0.6) is 0 Å². The maximum atomic E-state index is 11.5. The Bertz CT molecular complexity index is 682. The lowest BCUT2D eigenvalue weighted by Crippen LogP contribution is -2.34. The van der Waals surface area contributed by atoms with E-state index in [1.54, 1.807) is 0 Å². The molecule has 0 heterocycles. The number of hydrogen-bond acceptors (Lipinski definition) is 11. The van der Waals surface area contributed by atoms with E-state index in [0.717, 1.165) is 13.0 Å². The van der Waals surface area contributed by atoms with Crippen LogP contribution in [0.1, 0.15) is 118 Å². The first-order valence-corrected chi connectivity index (χ1v) is 20.1. The summed E-state index contributed by atoms with van der Waals surface area (Å²) >= 11 is 0. The second-order valence-corrected chi connectivity index (χ2v) is 13.5. The molecule has 0 bridgehead atoms. The molecule has 0 unspecified atom stereocenters. The Balaban J connectivity index is 3.09. The summed E-state index contributed by atoms with van der Waals surface area (Å²) in [7, 11) is 0. The molecule has 0 spiro atoms. The van der Waals surface area contributed by atoms with E-state index in [4.69, 9.17) is 47.4 Å². The zero-order valence-electron chi connectivity index (χ0n) is 33.3. The van der Waals surface area contributed by atoms with Crippen molar-refractivity contribution in [2.75, 3.05) is 125 Å². The number of rotatable bonds is 42. The van der Waals surface area contributed by atoms with Crippen molar-refractivity contribution in [2.45, 2.75) is 123 Å². The van der Waals surface area contributed by atoms with Gasteiger partial charge in [0.1, 0.15) is 5.60 Å². The lowest BCUT2D eigenvalue weighted by molar-refractivity contribution is -0.0250. The summed E-state index contributed by atoms with van der Waals surface area (Å²) in [6.07, 6.45) is 18.8. The number of carbonyl (C=O) groups excluding carboxylic acids is 1. The van der Waals surface area contributed by atoms with Gasteiger partial charge >= 0.3 is 6.09 Å². The molecule has 51 heavy (non-hydrogen) atoms. The minimum atomic E-state index is -0.507. The number of carbonyl (C=O) groups is 1. The van der Waals surface area contributed by atoms with E-state index in [1.165, 1.54) is 83.5 Å². The molecule has 306 valence electrons. The van der Waals surface area contributed by atoms with Gasteiger partial charge in [-0.2, -0.15) is 0 Å². The van der Waals surface area contributed by atoms with E-state index in [9.17, 15) is 4.79 Å². The van der Waals surface area contributed by atoms with Gasteiger partial charge < -0.3 is 52.7 Å². The molecule has 0 aromatic carbocycles. The highest BCUT2D eigenvalue weighted by molar-refractivity contribution is 5.67. The quantitative estimate of drug-likeness (QED) is 0.0644. The Kier molecular flexibility index (Phi) is 40.8. The maximum absolute atomic E-state index is 11.5. The molecule has 1 N–H and O–H groups in total. The van der Waals surface area contributed by atoms with Gasteiger partial charge in [-0.05, 0) is 27.2 Å². The molecule has 0 aliphatic carbocycles. The van der Waals surface area contributed by atoms with Crippen LogP contribution in [0, 0.1) is 0 Å². The average Bonchev–Trinajstić information content (AvgIpc) is 3.09. The summed E-state index contributed by atoms with van der Waals surface area (Å²) in [5.74, 6) is 0. The highest BCUT2D eigenvalue weighted by Crippen LogP contribution is 2.13. The minimum Gasteiger partial charge on any atom is -0.444 e. The predicted molar refractivity (Wildman–Crippen MR) is 202 cm³/mol. The van der Waals surface area contributed by atoms with Gasteiger partial charge in [0.15, 0.2) is 0 Å². The van der Waals surface area contributed by atoms with E-state index in [0.29, 0.717) is 119 Å². The van der Waals surface area contributed by atoms with E-state index in [-0.39, 0.29) is 0 Å². The number of unbranched alkanes of at least 4 members (excludes halogenated alkanes) is 13. The molecular formula is C39H79NO11. The van der Waals surface area contributed by atoms with Crippen molar-refractivity contribution in [3.8, 4) is 0 Å². The number of hydrogen-bond donors (Lipinski definition) is 1. The number of amides is 1. The summed E-state index contributed by atoms with van der Waals surface area (Å²) in [6, 6.07) is 0. The summed E-state index contributed by atoms with van der Waals surface area (Å²) in [5, 5.41) is 2.64. The van der Waals surface area contributed by atoms with Crippen LogP contribution in [-0.4, -0.2) is 137 Å². The van der Waals surface area contributed by atoms with Crippen molar-refractivity contribution >= 4 is 6.09 Å². The fraction of sp³-hybridized carbons (Fsp3) is 0.974. The van der Waals surface area contributed by atoms with Crippen LogP contribution < -0.4 is 5.32 Å². The first kappa shape index (κ1) is 49.9. The Hall–Kier alpha value is -1.09. The van der Waals surface area contributed by atoms with Gasteiger partial charge in [-0.3, -0.25) is 0 Å². The Morgan fingerprint density at radius 1 is 0.373 bits per heavy atom. The molecule has 0 atom stereocenters. The Morgan fingerprint density at radius 2 is 0.627 bits per heavy atom. The molecule has 0 fully saturated rings. The van der Waals surface area contributed by atoms with Gasteiger partial charge in [-0.15, -0.1) is 0 Å². The summed E-state index contributed by atoms with van der Waals surface area (Å²) < 4.78 is 54.8. The van der Waals surface area contributed by atoms with Gasteiger partial charge in [0, 0.05) is 13.2 Å². The van der Waals surface area contributed by atoms with Crippen molar-refractivity contribution < 1.29 is 52.2 Å². The molecule has 1 amide bonds. The molecule has 0 aliphatic rings. The normalized spacial score (nSPS) is 11.8. The number of ether oxygens (including phenoxy) is 10. The molecular weight excluding hydrogens is 658 g/mol. The highest BCUT2D eigenvalue weighted by Gasteiger charge is 2.15. The third-order valence-corrected chi connectivity index (χ3v) is 7.53. The molecule has 0 aromatic rings. The highest BCUT2D eigenvalue weighted by atomic mass is 16.6. The zero-order valence-corrected chi connectivity index (χ0v) is 33.3. The predicted octanol–water partition coefficient (Wildman–Crippen LogP) is 7.14. The van der Waals surface area contributed by atoms with Gasteiger partial charge in [-0.25, -0.2) is 4.79 Å². The summed E-state index contributed by atoms with van der Waals surface area (Å²) in [4.78, 5) is 11.5. The summed E-state index contributed by atoms with van der Waals surface area (Å²) in [6.45, 7) is 17.8. The molecule has 0 aliphatic heterocycles. The van der Waals surface area contributed by atoms with E-state index in [1.807, 2.05) is 20.8 Å². The van der Waals surface area contributed by atoms with E-state index >= 15 is 0 Å². The summed E-state index contributed by atoms with van der Waals surface area (Å²) in [5.41, 5.74) is -0.507. The minimum absolute atomic E-state index is 0.389. The molecule has 0 saturated carbocycles. The Labute approximate surface area is 311 Å². The molecule has 0 aromatic heterocycles. The van der Waals surface area contributed by atoms with Crippen LogP contribution in [0.25, 0.3) is 0 Å². The fourth-order valence-electron chi connectivity index (χ4n) is 4.80. The van der Waals surface area contributed by atoms with E-state index in [2.05, 4.69) is 12.2 Å². The molecule has 12 nitrogen and oxygen atoms in total. The third kappa shape index (κ3) is 46.9. The van der Waals surface area contributed by atoms with Crippen LogP contribution in [0.2, 0.25) is 0 Å². The van der Waals surface area contributed by atoms with Crippen molar-refractivity contribution in [3.63, 3.8) is 0 Å². The van der Waals surface area contributed by atoms with Gasteiger partial charge in [-0.1, -0.05) is 90.4 Å². The molecule has 0 radical (unpaired) electrons. The first-order chi connectivity index (χ1) is 25.0. The van der Waals surface area contributed by atoms with E-state index < -0.39 is 11.7 Å². The molecule has 12 heteroatoms. The first-order valence-electron chi connectivity index (χ1n) is 20.1. The SMILES string of the molecule is CCCCCCCCCCCCCCCCOCCOCCOCCOCCOCCOCCOCCOCCOCCNC(=O)OC(C)(C)C. The standard InChI is InChI=1S/C39H79NO11/c1-5-6-7-8-9-10-11-12-13-14-15-16-17-18-20-42-22-24-44-26-28-46-30-32-48-34-36-50-37-35-49-33-31-47-29-27-45-25-23-43-21-19-40-38(41)51-39(2,3)4/h5-37H2,1-4H3,(H,40,41). The average molecular weight is 738 g/mol. The topological polar surface area (TPSA) is 121 Å². The fourth-order valence-corrected chi connectivity index (χ4v) is 4.80. The van der Waals surface area contributed by atoms with Crippen LogP contribution >= 0.6 is 0 Å². The van der Waals surface area contributed by atoms with Crippen molar-refractivity contribution in [1.82, 2.24) is 5.32 Å². The van der Waals surface area contributed by atoms with Crippen LogP contribution in [0.4, 0.5) is 4.79 Å². The largest absolute Gasteiger partial charge is 0.444 e. The molecule has 0 saturated heterocycles. The van der Waals surface area contributed by atoms with Gasteiger partial charge in [0.05, 0.1) is 112 Å². The van der Waals surface area contributed by atoms with Gasteiger partial charge in [0.2, 0.25) is 0 Å². The number of nitrogens with one attached hydrogen (secondary N) is 1. The van der Waals surface area contributed by atoms with Gasteiger partial charge in [0.25, 0.3) is 0 Å². The lowest BCUT2D eigenvalue weighted by atomic mass is 10.0. The monoisotopic (exact) mass is 738 g/mol. The Morgan fingerprint density at radius 3 is 0.922 bits per heavy atom. The number of alkyl carbamates (subject to hydrolysis) is 1.